The highest BCUT2D eigenvalue weighted by atomic mass is 35.5. The van der Waals surface area contributed by atoms with Gasteiger partial charge in [-0.1, -0.05) is 11.6 Å². The summed E-state index contributed by atoms with van der Waals surface area (Å²) in [6.07, 6.45) is 0. The van der Waals surface area contributed by atoms with Crippen molar-refractivity contribution in [3.63, 3.8) is 0 Å². The summed E-state index contributed by atoms with van der Waals surface area (Å²) in [5.41, 5.74) is 0.0987. The lowest BCUT2D eigenvalue weighted by Gasteiger charge is -2.19. The van der Waals surface area contributed by atoms with Crippen molar-refractivity contribution in [1.29, 1.82) is 0 Å². The molecule has 0 fully saturated rings. The Morgan fingerprint density at radius 1 is 1.19 bits per heavy atom. The van der Waals surface area contributed by atoms with Gasteiger partial charge in [0.25, 0.3) is 0 Å². The van der Waals surface area contributed by atoms with Crippen LogP contribution in [0.5, 0.6) is 5.75 Å². The molecule has 0 bridgehead atoms. The Morgan fingerprint density at radius 3 is 2.57 bits per heavy atom. The first-order valence-corrected chi connectivity index (χ1v) is 7.93. The van der Waals surface area contributed by atoms with Gasteiger partial charge in [-0.05, 0) is 45.0 Å². The number of nitrogens with one attached hydrogen (secondary N) is 1. The first kappa shape index (κ1) is 16.3. The summed E-state index contributed by atoms with van der Waals surface area (Å²) >= 11 is 7.33. The summed E-state index contributed by atoms with van der Waals surface area (Å²) in [5.74, 6) is 0.0232. The Hall–Kier alpha value is -1.10. The zero-order valence-corrected chi connectivity index (χ0v) is 13.9. The maximum Gasteiger partial charge on any atom is 0.145 e. The topological polar surface area (TPSA) is 21.3 Å². The zero-order chi connectivity index (χ0) is 15.5. The highest BCUT2D eigenvalue weighted by molar-refractivity contribution is 7.11. The van der Waals surface area contributed by atoms with Gasteiger partial charge in [0.1, 0.15) is 18.2 Å². The van der Waals surface area contributed by atoms with Crippen molar-refractivity contribution in [3.8, 4) is 5.75 Å². The number of benzene rings is 1. The molecule has 1 heterocycles. The van der Waals surface area contributed by atoms with Crippen LogP contribution in [-0.4, -0.2) is 5.54 Å². The van der Waals surface area contributed by atoms with Gasteiger partial charge >= 0.3 is 0 Å². The summed E-state index contributed by atoms with van der Waals surface area (Å²) < 4.78 is 18.9. The van der Waals surface area contributed by atoms with E-state index in [4.69, 9.17) is 16.3 Å². The second kappa shape index (κ2) is 6.77. The Kier molecular flexibility index (Phi) is 5.25. The molecule has 0 aliphatic heterocycles. The van der Waals surface area contributed by atoms with Crippen LogP contribution in [0.3, 0.4) is 0 Å². The quantitative estimate of drug-likeness (QED) is 0.833. The van der Waals surface area contributed by atoms with E-state index in [0.29, 0.717) is 12.4 Å². The molecule has 0 amide bonds. The molecule has 1 aromatic carbocycles. The van der Waals surface area contributed by atoms with Gasteiger partial charge in [-0.2, -0.15) is 0 Å². The summed E-state index contributed by atoms with van der Waals surface area (Å²) in [6, 6.07) is 8.60. The average Bonchev–Trinajstić information content (AvgIpc) is 2.85. The van der Waals surface area contributed by atoms with Crippen molar-refractivity contribution in [2.45, 2.75) is 39.5 Å². The lowest BCUT2D eigenvalue weighted by atomic mass is 10.1. The van der Waals surface area contributed by atoms with Gasteiger partial charge in [-0.15, -0.1) is 11.3 Å². The second-order valence-corrected chi connectivity index (χ2v) is 7.50. The van der Waals surface area contributed by atoms with Crippen LogP contribution in [0.15, 0.2) is 30.3 Å². The normalized spacial score (nSPS) is 11.7. The van der Waals surface area contributed by atoms with E-state index in [1.807, 2.05) is 6.07 Å². The lowest BCUT2D eigenvalue weighted by molar-refractivity contribution is 0.308. The van der Waals surface area contributed by atoms with Crippen LogP contribution in [0.1, 0.15) is 30.5 Å². The average molecular weight is 328 g/mol. The van der Waals surface area contributed by atoms with Crippen molar-refractivity contribution < 1.29 is 9.13 Å². The molecule has 2 rings (SSSR count). The molecule has 114 valence electrons. The molecule has 1 aromatic heterocycles. The lowest BCUT2D eigenvalue weighted by Crippen LogP contribution is -2.34. The van der Waals surface area contributed by atoms with Gasteiger partial charge in [-0.25, -0.2) is 4.39 Å². The Balaban J connectivity index is 1.89. The fourth-order valence-electron chi connectivity index (χ4n) is 1.67. The van der Waals surface area contributed by atoms with E-state index >= 15 is 0 Å². The third-order valence-electron chi connectivity index (χ3n) is 2.78. The van der Waals surface area contributed by atoms with Crippen LogP contribution < -0.4 is 10.1 Å². The van der Waals surface area contributed by atoms with Crippen molar-refractivity contribution in [2.24, 2.45) is 0 Å². The van der Waals surface area contributed by atoms with Crippen LogP contribution in [0.4, 0.5) is 4.39 Å². The summed E-state index contributed by atoms with van der Waals surface area (Å²) in [4.78, 5) is 2.36. The summed E-state index contributed by atoms with van der Waals surface area (Å²) in [6.45, 7) is 7.68. The first-order valence-electron chi connectivity index (χ1n) is 6.74. The van der Waals surface area contributed by atoms with E-state index in [1.54, 1.807) is 17.4 Å². The van der Waals surface area contributed by atoms with E-state index in [9.17, 15) is 4.39 Å². The smallest absolute Gasteiger partial charge is 0.145 e. The van der Waals surface area contributed by atoms with Gasteiger partial charge < -0.3 is 10.1 Å². The molecule has 0 saturated carbocycles. The predicted molar refractivity (Wildman–Crippen MR) is 86.7 cm³/mol. The highest BCUT2D eigenvalue weighted by Gasteiger charge is 2.10. The van der Waals surface area contributed by atoms with Gasteiger partial charge in [0.15, 0.2) is 0 Å². The molecule has 5 heteroatoms. The molecular weight excluding hydrogens is 309 g/mol. The largest absolute Gasteiger partial charge is 0.488 e. The SMILES string of the molecule is CC(C)(C)NCc1ccc(COc2ccc(Cl)c(F)c2)s1. The summed E-state index contributed by atoms with van der Waals surface area (Å²) in [5, 5.41) is 3.55. The molecular formula is C16H19ClFNOS. The maximum absolute atomic E-state index is 13.3. The monoisotopic (exact) mass is 327 g/mol. The molecule has 0 atom stereocenters. The molecule has 1 N–H and O–H groups in total. The predicted octanol–water partition coefficient (Wildman–Crippen LogP) is 5.01. The third kappa shape index (κ3) is 5.30. The highest BCUT2D eigenvalue weighted by Crippen LogP contribution is 2.23. The van der Waals surface area contributed by atoms with Crippen LogP contribution in [-0.2, 0) is 13.2 Å². The minimum absolute atomic E-state index is 0.0987. The Morgan fingerprint density at radius 2 is 1.90 bits per heavy atom. The molecule has 2 aromatic rings. The molecule has 0 aliphatic carbocycles. The Labute approximate surface area is 133 Å². The number of halogens is 2. The van der Waals surface area contributed by atoms with Gasteiger partial charge in [0.2, 0.25) is 0 Å². The van der Waals surface area contributed by atoms with Gasteiger partial charge in [0, 0.05) is 27.9 Å². The molecule has 0 aliphatic rings. The van der Waals surface area contributed by atoms with Crippen molar-refractivity contribution in [1.82, 2.24) is 5.32 Å². The van der Waals surface area contributed by atoms with Crippen LogP contribution >= 0.6 is 22.9 Å². The fraction of sp³-hybridized carbons (Fsp3) is 0.375. The summed E-state index contributed by atoms with van der Waals surface area (Å²) in [7, 11) is 0. The molecule has 0 unspecified atom stereocenters. The molecule has 21 heavy (non-hydrogen) atoms. The van der Waals surface area contributed by atoms with E-state index in [0.717, 1.165) is 11.4 Å². The molecule has 0 spiro atoms. The molecule has 0 radical (unpaired) electrons. The fourth-order valence-corrected chi connectivity index (χ4v) is 2.66. The van der Waals surface area contributed by atoms with E-state index in [2.05, 4.69) is 32.2 Å². The number of rotatable bonds is 5. The first-order chi connectivity index (χ1) is 9.83. The molecule has 2 nitrogen and oxygen atoms in total. The van der Waals surface area contributed by atoms with Crippen LogP contribution in [0.2, 0.25) is 5.02 Å². The number of thiophene rings is 1. The zero-order valence-electron chi connectivity index (χ0n) is 12.4. The van der Waals surface area contributed by atoms with E-state index < -0.39 is 5.82 Å². The standard InChI is InChI=1S/C16H19ClFNOS/c1-16(2,3)19-9-12-5-6-13(21-12)10-20-11-4-7-14(17)15(18)8-11/h4-8,19H,9-10H2,1-3H3. The van der Waals surface area contributed by atoms with Crippen molar-refractivity contribution in [2.75, 3.05) is 0 Å². The Bertz CT molecular complexity index is 607. The van der Waals surface area contributed by atoms with Crippen LogP contribution in [0, 0.1) is 5.82 Å². The number of hydrogen-bond acceptors (Lipinski definition) is 3. The minimum atomic E-state index is -0.463. The molecule has 0 saturated heterocycles. The van der Waals surface area contributed by atoms with Crippen molar-refractivity contribution in [3.05, 3.63) is 50.9 Å². The second-order valence-electron chi connectivity index (χ2n) is 5.84. The van der Waals surface area contributed by atoms with Gasteiger partial charge in [-0.3, -0.25) is 0 Å². The maximum atomic E-state index is 13.3. The minimum Gasteiger partial charge on any atom is -0.488 e. The van der Waals surface area contributed by atoms with E-state index in [-0.39, 0.29) is 10.6 Å². The van der Waals surface area contributed by atoms with E-state index in [1.165, 1.54) is 17.0 Å². The van der Waals surface area contributed by atoms with Crippen LogP contribution in [0.25, 0.3) is 0 Å². The number of ether oxygens (including phenoxy) is 1. The number of hydrogen-bond donors (Lipinski definition) is 1. The van der Waals surface area contributed by atoms with Crippen molar-refractivity contribution >= 4 is 22.9 Å². The van der Waals surface area contributed by atoms with Gasteiger partial charge in [0.05, 0.1) is 5.02 Å². The third-order valence-corrected chi connectivity index (χ3v) is 4.15.